The summed E-state index contributed by atoms with van der Waals surface area (Å²) in [7, 11) is 1.58. The predicted molar refractivity (Wildman–Crippen MR) is 66.8 cm³/mol. The smallest absolute Gasteiger partial charge is 0.276 e. The summed E-state index contributed by atoms with van der Waals surface area (Å²) >= 11 is 0.848. The largest absolute Gasteiger partial charge is 0.496 e. The molecule has 0 aliphatic heterocycles. The molecule has 7 heteroatoms. The van der Waals surface area contributed by atoms with Gasteiger partial charge in [-0.1, -0.05) is 30.0 Å². The van der Waals surface area contributed by atoms with Crippen LogP contribution in [-0.2, 0) is 6.42 Å². The molecule has 0 saturated carbocycles. The van der Waals surface area contributed by atoms with Gasteiger partial charge in [-0.05, 0) is 6.07 Å². The third-order valence-corrected chi connectivity index (χ3v) is 3.15. The van der Waals surface area contributed by atoms with Gasteiger partial charge in [-0.25, -0.2) is 8.78 Å². The standard InChI is InChI=1S/C12H12F2N2O2S/c1-17-9-5-3-2-4-8(9)6-11-15-16-12(18-11)19-7-10(13)14/h2-5,10H,6-7H2,1H3. The van der Waals surface area contributed by atoms with E-state index in [-0.39, 0.29) is 11.0 Å². The minimum absolute atomic E-state index is 0.158. The fourth-order valence-corrected chi connectivity index (χ4v) is 2.04. The number of alkyl halides is 2. The SMILES string of the molecule is COc1ccccc1Cc1nnc(SCC(F)F)o1. The topological polar surface area (TPSA) is 48.2 Å². The monoisotopic (exact) mass is 286 g/mol. The number of aromatic nitrogens is 2. The molecule has 0 amide bonds. The molecule has 0 spiro atoms. The van der Waals surface area contributed by atoms with Gasteiger partial charge in [-0.2, -0.15) is 0 Å². The maximum absolute atomic E-state index is 12.0. The summed E-state index contributed by atoms with van der Waals surface area (Å²) in [5.74, 6) is 0.750. The first-order valence-electron chi connectivity index (χ1n) is 5.54. The van der Waals surface area contributed by atoms with Crippen LogP contribution in [0.3, 0.4) is 0 Å². The van der Waals surface area contributed by atoms with E-state index in [0.29, 0.717) is 12.3 Å². The fraction of sp³-hybridized carbons (Fsp3) is 0.333. The van der Waals surface area contributed by atoms with Gasteiger partial charge in [-0.3, -0.25) is 0 Å². The minimum atomic E-state index is -2.39. The second-order valence-corrected chi connectivity index (χ2v) is 4.62. The molecule has 1 aromatic carbocycles. The molecule has 0 aliphatic rings. The van der Waals surface area contributed by atoms with Crippen molar-refractivity contribution < 1.29 is 17.9 Å². The maximum Gasteiger partial charge on any atom is 0.276 e. The van der Waals surface area contributed by atoms with E-state index in [4.69, 9.17) is 9.15 Å². The highest BCUT2D eigenvalue weighted by atomic mass is 32.2. The highest BCUT2D eigenvalue weighted by Gasteiger charge is 2.12. The van der Waals surface area contributed by atoms with Crippen LogP contribution in [0, 0.1) is 0 Å². The van der Waals surface area contributed by atoms with Crippen molar-refractivity contribution in [2.75, 3.05) is 12.9 Å². The van der Waals surface area contributed by atoms with Gasteiger partial charge in [0.05, 0.1) is 19.3 Å². The number of hydrogen-bond acceptors (Lipinski definition) is 5. The van der Waals surface area contributed by atoms with Crippen LogP contribution in [0.4, 0.5) is 8.78 Å². The summed E-state index contributed by atoms with van der Waals surface area (Å²) in [5.41, 5.74) is 0.902. The van der Waals surface area contributed by atoms with Crippen LogP contribution in [0.2, 0.25) is 0 Å². The number of para-hydroxylation sites is 1. The van der Waals surface area contributed by atoms with Crippen molar-refractivity contribution in [3.8, 4) is 5.75 Å². The molecular formula is C12H12F2N2O2S. The van der Waals surface area contributed by atoms with E-state index >= 15 is 0 Å². The van der Waals surface area contributed by atoms with E-state index in [1.54, 1.807) is 7.11 Å². The third kappa shape index (κ3) is 3.92. The van der Waals surface area contributed by atoms with Gasteiger partial charge < -0.3 is 9.15 Å². The summed E-state index contributed by atoms with van der Waals surface area (Å²) in [5, 5.41) is 7.70. The van der Waals surface area contributed by atoms with Gasteiger partial charge in [0.2, 0.25) is 12.3 Å². The van der Waals surface area contributed by atoms with Gasteiger partial charge in [-0.15, -0.1) is 10.2 Å². The van der Waals surface area contributed by atoms with E-state index in [1.165, 1.54) is 0 Å². The number of halogens is 2. The average Bonchev–Trinajstić information content (AvgIpc) is 2.85. The molecule has 2 rings (SSSR count). The van der Waals surface area contributed by atoms with E-state index < -0.39 is 6.43 Å². The van der Waals surface area contributed by atoms with Crippen LogP contribution in [0.1, 0.15) is 11.5 Å². The molecule has 4 nitrogen and oxygen atoms in total. The van der Waals surface area contributed by atoms with Gasteiger partial charge in [0.25, 0.3) is 5.22 Å². The highest BCUT2D eigenvalue weighted by Crippen LogP contribution is 2.23. The van der Waals surface area contributed by atoms with Crippen molar-refractivity contribution in [2.45, 2.75) is 18.1 Å². The lowest BCUT2D eigenvalue weighted by atomic mass is 10.1. The molecular weight excluding hydrogens is 274 g/mol. The molecule has 0 saturated heterocycles. The molecule has 19 heavy (non-hydrogen) atoms. The average molecular weight is 286 g/mol. The Morgan fingerprint density at radius 3 is 2.84 bits per heavy atom. The first-order chi connectivity index (χ1) is 9.19. The number of methoxy groups -OCH3 is 1. The molecule has 1 aromatic heterocycles. The molecule has 0 unspecified atom stereocenters. The van der Waals surface area contributed by atoms with Crippen molar-refractivity contribution in [1.29, 1.82) is 0 Å². The Balaban J connectivity index is 2.03. The first-order valence-corrected chi connectivity index (χ1v) is 6.53. The van der Waals surface area contributed by atoms with Crippen LogP contribution >= 0.6 is 11.8 Å². The molecule has 2 aromatic rings. The van der Waals surface area contributed by atoms with E-state index in [1.807, 2.05) is 24.3 Å². The van der Waals surface area contributed by atoms with Crippen LogP contribution in [-0.4, -0.2) is 29.5 Å². The lowest BCUT2D eigenvalue weighted by molar-refractivity contribution is 0.176. The normalized spacial score (nSPS) is 10.9. The fourth-order valence-electron chi connectivity index (χ4n) is 1.51. The van der Waals surface area contributed by atoms with Crippen LogP contribution in [0.15, 0.2) is 33.9 Å². The van der Waals surface area contributed by atoms with Gasteiger partial charge in [0, 0.05) is 5.56 Å². The summed E-state index contributed by atoms with van der Waals surface area (Å²) < 4.78 is 34.6. The summed E-state index contributed by atoms with van der Waals surface area (Å²) in [6.07, 6.45) is -1.98. The van der Waals surface area contributed by atoms with E-state index in [0.717, 1.165) is 23.1 Å². The predicted octanol–water partition coefficient (Wildman–Crippen LogP) is 3.03. The zero-order valence-electron chi connectivity index (χ0n) is 10.2. The van der Waals surface area contributed by atoms with Crippen molar-refractivity contribution in [3.63, 3.8) is 0 Å². The Morgan fingerprint density at radius 1 is 1.32 bits per heavy atom. The molecule has 0 aliphatic carbocycles. The van der Waals surface area contributed by atoms with E-state index in [2.05, 4.69) is 10.2 Å². The number of ether oxygens (including phenoxy) is 1. The summed E-state index contributed by atoms with van der Waals surface area (Å²) in [6.45, 7) is 0. The highest BCUT2D eigenvalue weighted by molar-refractivity contribution is 7.99. The van der Waals surface area contributed by atoms with Gasteiger partial charge >= 0.3 is 0 Å². The van der Waals surface area contributed by atoms with Crippen molar-refractivity contribution in [2.24, 2.45) is 0 Å². The Kier molecular flexibility index (Phi) is 4.73. The Hall–Kier alpha value is -1.63. The molecule has 0 bridgehead atoms. The second-order valence-electron chi connectivity index (χ2n) is 3.65. The molecule has 102 valence electrons. The number of nitrogens with zero attached hydrogens (tertiary/aromatic N) is 2. The zero-order chi connectivity index (χ0) is 13.7. The van der Waals surface area contributed by atoms with Gasteiger partial charge in [0.1, 0.15) is 5.75 Å². The van der Waals surface area contributed by atoms with Crippen molar-refractivity contribution in [3.05, 3.63) is 35.7 Å². The minimum Gasteiger partial charge on any atom is -0.496 e. The molecule has 1 heterocycles. The van der Waals surface area contributed by atoms with E-state index in [9.17, 15) is 8.78 Å². The van der Waals surface area contributed by atoms with Crippen molar-refractivity contribution in [1.82, 2.24) is 10.2 Å². The lowest BCUT2D eigenvalue weighted by Crippen LogP contribution is -1.93. The van der Waals surface area contributed by atoms with Crippen molar-refractivity contribution >= 4 is 11.8 Å². The maximum atomic E-state index is 12.0. The third-order valence-electron chi connectivity index (χ3n) is 2.32. The van der Waals surface area contributed by atoms with Crippen LogP contribution in [0.5, 0.6) is 5.75 Å². The molecule has 0 atom stereocenters. The number of hydrogen-bond donors (Lipinski definition) is 0. The quantitative estimate of drug-likeness (QED) is 0.764. The number of rotatable bonds is 6. The zero-order valence-corrected chi connectivity index (χ0v) is 11.0. The second kappa shape index (κ2) is 6.51. The number of benzene rings is 1. The van der Waals surface area contributed by atoms with Crippen LogP contribution in [0.25, 0.3) is 0 Å². The van der Waals surface area contributed by atoms with Gasteiger partial charge in [0.15, 0.2) is 0 Å². The Labute approximate surface area is 113 Å². The molecule has 0 N–H and O–H groups in total. The lowest BCUT2D eigenvalue weighted by Gasteiger charge is -2.05. The number of thioether (sulfide) groups is 1. The Morgan fingerprint density at radius 2 is 2.11 bits per heavy atom. The van der Waals surface area contributed by atoms with Crippen LogP contribution < -0.4 is 4.74 Å². The molecule has 0 radical (unpaired) electrons. The first kappa shape index (κ1) is 13.8. The summed E-state index contributed by atoms with van der Waals surface area (Å²) in [6, 6.07) is 7.45. The molecule has 0 fully saturated rings. The Bertz CT molecular complexity index is 534. The summed E-state index contributed by atoms with van der Waals surface area (Å²) in [4.78, 5) is 0.